The zero-order chi connectivity index (χ0) is 21.1. The molecular weight excluding hydrogens is 386 g/mol. The number of fused-ring (bicyclic) bond motifs is 3. The van der Waals surface area contributed by atoms with Gasteiger partial charge in [-0.3, -0.25) is 4.79 Å². The van der Waals surface area contributed by atoms with Gasteiger partial charge in [0.2, 0.25) is 0 Å². The molecule has 30 heavy (non-hydrogen) atoms. The molecule has 1 unspecified atom stereocenters. The smallest absolute Gasteiger partial charge is 0.407 e. The average molecular weight is 405 g/mol. The number of rotatable bonds is 6. The standard InChI is InChI=1S/C22H19N3O5/c26-20-10-13(23-12-24-20)9-19(21(27)28)25-22(29)30-11-18-16-7-3-1-5-14(16)15-6-2-4-8-17(15)18/h1-8,10,12,18-19H,9,11H2,(H,25,29)(H,27,28)(H,23,24,26). The van der Waals surface area contributed by atoms with Gasteiger partial charge in [0, 0.05) is 18.4 Å². The molecular formula is C22H19N3O5. The van der Waals surface area contributed by atoms with Crippen LogP contribution in [0.15, 0.2) is 65.7 Å². The Hall–Kier alpha value is -3.94. The lowest BCUT2D eigenvalue weighted by Crippen LogP contribution is -2.43. The predicted octanol–water partition coefficient (Wildman–Crippen LogP) is 2.30. The molecule has 1 aliphatic carbocycles. The minimum atomic E-state index is -1.27. The van der Waals surface area contributed by atoms with Gasteiger partial charge in [-0.25, -0.2) is 14.6 Å². The van der Waals surface area contributed by atoms with Crippen molar-refractivity contribution in [2.24, 2.45) is 0 Å². The third kappa shape index (κ3) is 3.93. The number of nitrogens with zero attached hydrogens (tertiary/aromatic N) is 1. The van der Waals surface area contributed by atoms with Crippen LogP contribution in [0.5, 0.6) is 0 Å². The molecule has 2 aromatic carbocycles. The molecule has 8 heteroatoms. The number of aliphatic carboxylic acids is 1. The number of aromatic amines is 1. The molecule has 3 N–H and O–H groups in total. The first kappa shape index (κ1) is 19.4. The van der Waals surface area contributed by atoms with E-state index in [0.717, 1.165) is 22.3 Å². The molecule has 3 aromatic rings. The van der Waals surface area contributed by atoms with Crippen molar-refractivity contribution in [3.8, 4) is 11.1 Å². The van der Waals surface area contributed by atoms with Crippen molar-refractivity contribution in [1.29, 1.82) is 0 Å². The van der Waals surface area contributed by atoms with Gasteiger partial charge < -0.3 is 20.1 Å². The van der Waals surface area contributed by atoms with E-state index in [0.29, 0.717) is 0 Å². The fourth-order valence-corrected chi connectivity index (χ4v) is 3.71. The van der Waals surface area contributed by atoms with Crippen LogP contribution in [0, 0.1) is 0 Å². The van der Waals surface area contributed by atoms with Gasteiger partial charge in [-0.2, -0.15) is 0 Å². The maximum Gasteiger partial charge on any atom is 0.407 e. The summed E-state index contributed by atoms with van der Waals surface area (Å²) in [5.74, 6) is -1.37. The van der Waals surface area contributed by atoms with Crippen LogP contribution >= 0.6 is 0 Å². The SMILES string of the molecule is O=C(NC(Cc1cc(=O)[nH]cn1)C(=O)O)OCC1c2ccccc2-c2ccccc21. The topological polar surface area (TPSA) is 121 Å². The number of amides is 1. The zero-order valence-corrected chi connectivity index (χ0v) is 15.9. The van der Waals surface area contributed by atoms with Crippen LogP contribution in [0.3, 0.4) is 0 Å². The molecule has 0 bridgehead atoms. The first-order valence-corrected chi connectivity index (χ1v) is 9.41. The van der Waals surface area contributed by atoms with Gasteiger partial charge in [-0.15, -0.1) is 0 Å². The molecule has 4 rings (SSSR count). The molecule has 1 heterocycles. The van der Waals surface area contributed by atoms with Gasteiger partial charge in [0.25, 0.3) is 5.56 Å². The van der Waals surface area contributed by atoms with Crippen molar-refractivity contribution in [2.75, 3.05) is 6.61 Å². The first-order chi connectivity index (χ1) is 14.5. The molecule has 152 valence electrons. The summed E-state index contributed by atoms with van der Waals surface area (Å²) in [5, 5.41) is 11.8. The van der Waals surface area contributed by atoms with Crippen molar-refractivity contribution in [1.82, 2.24) is 15.3 Å². The lowest BCUT2D eigenvalue weighted by Gasteiger charge is -2.17. The minimum absolute atomic E-state index is 0.0788. The number of H-pyrrole nitrogens is 1. The van der Waals surface area contributed by atoms with Crippen LogP contribution < -0.4 is 10.9 Å². The summed E-state index contributed by atoms with van der Waals surface area (Å²) in [4.78, 5) is 41.5. The van der Waals surface area contributed by atoms with Crippen LogP contribution in [0.2, 0.25) is 0 Å². The van der Waals surface area contributed by atoms with E-state index in [1.165, 1.54) is 12.4 Å². The Kier molecular flexibility index (Phi) is 5.30. The Bertz CT molecular complexity index is 1110. The van der Waals surface area contributed by atoms with E-state index in [1.54, 1.807) is 0 Å². The van der Waals surface area contributed by atoms with E-state index in [1.807, 2.05) is 48.5 Å². The fraction of sp³-hybridized carbons (Fsp3) is 0.182. The largest absolute Gasteiger partial charge is 0.480 e. The van der Waals surface area contributed by atoms with Crippen LogP contribution in [0.25, 0.3) is 11.1 Å². The molecule has 1 amide bonds. The van der Waals surface area contributed by atoms with Crippen molar-refractivity contribution in [3.63, 3.8) is 0 Å². The summed E-state index contributed by atoms with van der Waals surface area (Å²) in [5.41, 5.74) is 4.19. The second kappa shape index (κ2) is 8.20. The Labute approximate surface area is 171 Å². The Morgan fingerprint density at radius 3 is 2.33 bits per heavy atom. The maximum absolute atomic E-state index is 12.3. The van der Waals surface area contributed by atoms with Gasteiger partial charge in [0.1, 0.15) is 12.6 Å². The van der Waals surface area contributed by atoms with Gasteiger partial charge in [-0.05, 0) is 22.3 Å². The normalized spacial score (nSPS) is 13.2. The van der Waals surface area contributed by atoms with Gasteiger partial charge >= 0.3 is 12.1 Å². The van der Waals surface area contributed by atoms with E-state index in [-0.39, 0.29) is 24.6 Å². The summed E-state index contributed by atoms with van der Waals surface area (Å²) in [6.07, 6.45) is 0.210. The predicted molar refractivity (Wildman–Crippen MR) is 108 cm³/mol. The number of ether oxygens (including phenoxy) is 1. The number of hydrogen-bond donors (Lipinski definition) is 3. The van der Waals surface area contributed by atoms with Gasteiger partial charge in [0.15, 0.2) is 0 Å². The summed E-state index contributed by atoms with van der Waals surface area (Å²) >= 11 is 0. The number of carboxylic acids is 1. The molecule has 0 saturated heterocycles. The van der Waals surface area contributed by atoms with Gasteiger partial charge in [0.05, 0.1) is 12.0 Å². The van der Waals surface area contributed by atoms with Crippen molar-refractivity contribution in [2.45, 2.75) is 18.4 Å². The molecule has 0 aliphatic heterocycles. The van der Waals surface area contributed by atoms with Crippen molar-refractivity contribution < 1.29 is 19.4 Å². The fourth-order valence-electron chi connectivity index (χ4n) is 3.71. The Balaban J connectivity index is 1.44. The Morgan fingerprint density at radius 2 is 1.73 bits per heavy atom. The minimum Gasteiger partial charge on any atom is -0.480 e. The summed E-state index contributed by atoms with van der Waals surface area (Å²) < 4.78 is 5.38. The van der Waals surface area contributed by atoms with E-state index >= 15 is 0 Å². The van der Waals surface area contributed by atoms with Crippen LogP contribution in [0.1, 0.15) is 22.7 Å². The van der Waals surface area contributed by atoms with Crippen LogP contribution in [0.4, 0.5) is 4.79 Å². The van der Waals surface area contributed by atoms with E-state index in [2.05, 4.69) is 15.3 Å². The van der Waals surface area contributed by atoms with E-state index in [4.69, 9.17) is 4.74 Å². The van der Waals surface area contributed by atoms with Crippen molar-refractivity contribution in [3.05, 3.63) is 88.1 Å². The second-order valence-electron chi connectivity index (χ2n) is 6.97. The number of benzene rings is 2. The number of alkyl carbamates (subject to hydrolysis) is 1. The van der Waals surface area contributed by atoms with Crippen LogP contribution in [-0.2, 0) is 16.0 Å². The molecule has 1 atom stereocenters. The zero-order valence-electron chi connectivity index (χ0n) is 15.9. The number of aromatic nitrogens is 2. The highest BCUT2D eigenvalue weighted by atomic mass is 16.5. The molecule has 0 spiro atoms. The number of carbonyl (C=O) groups excluding carboxylic acids is 1. The molecule has 0 saturated carbocycles. The van der Waals surface area contributed by atoms with Crippen molar-refractivity contribution >= 4 is 12.1 Å². The quantitative estimate of drug-likeness (QED) is 0.579. The average Bonchev–Trinajstić information content (AvgIpc) is 3.06. The second-order valence-corrected chi connectivity index (χ2v) is 6.97. The Morgan fingerprint density at radius 1 is 1.10 bits per heavy atom. The molecule has 1 aliphatic rings. The number of carboxylic acid groups (broad SMARTS) is 1. The third-order valence-corrected chi connectivity index (χ3v) is 5.08. The highest BCUT2D eigenvalue weighted by Gasteiger charge is 2.29. The highest BCUT2D eigenvalue weighted by Crippen LogP contribution is 2.44. The lowest BCUT2D eigenvalue weighted by molar-refractivity contribution is -0.139. The first-order valence-electron chi connectivity index (χ1n) is 9.41. The monoisotopic (exact) mass is 405 g/mol. The molecule has 0 fully saturated rings. The third-order valence-electron chi connectivity index (χ3n) is 5.08. The summed E-state index contributed by atoms with van der Waals surface area (Å²) in [6.45, 7) is 0.0788. The van der Waals surface area contributed by atoms with E-state index < -0.39 is 23.7 Å². The van der Waals surface area contributed by atoms with E-state index in [9.17, 15) is 19.5 Å². The summed E-state index contributed by atoms with van der Waals surface area (Å²) in [7, 11) is 0. The van der Waals surface area contributed by atoms with Gasteiger partial charge in [-0.1, -0.05) is 48.5 Å². The number of hydrogen-bond acceptors (Lipinski definition) is 5. The number of nitrogens with one attached hydrogen (secondary N) is 2. The van der Waals surface area contributed by atoms with Crippen LogP contribution in [-0.4, -0.2) is 39.8 Å². The maximum atomic E-state index is 12.3. The molecule has 0 radical (unpaired) electrons. The number of carbonyl (C=O) groups is 2. The highest BCUT2D eigenvalue weighted by molar-refractivity contribution is 5.81. The molecule has 1 aromatic heterocycles. The summed E-state index contributed by atoms with van der Waals surface area (Å²) in [6, 6.07) is 15.8. The lowest BCUT2D eigenvalue weighted by atomic mass is 9.98. The molecule has 8 nitrogen and oxygen atoms in total.